The van der Waals surface area contributed by atoms with Crippen molar-refractivity contribution in [3.05, 3.63) is 82.6 Å². The Morgan fingerprint density at radius 2 is 1.91 bits per heavy atom. The fourth-order valence-corrected chi connectivity index (χ4v) is 4.16. The number of carbonyl (C=O) groups is 1. The van der Waals surface area contributed by atoms with Crippen LogP contribution >= 0.6 is 23.4 Å². The molecular weight excluding hydrogens is 463 g/mol. The zero-order valence-electron chi connectivity index (χ0n) is 16.3. The highest BCUT2D eigenvalue weighted by Crippen LogP contribution is 2.33. The Morgan fingerprint density at radius 1 is 1.12 bits per heavy atom. The maximum atomic E-state index is 13.0. The first-order chi connectivity index (χ1) is 15.3. The first kappa shape index (κ1) is 22.2. The lowest BCUT2D eigenvalue weighted by Crippen LogP contribution is -2.26. The summed E-state index contributed by atoms with van der Waals surface area (Å²) in [5.41, 5.74) is 0.350. The quantitative estimate of drug-likeness (QED) is 0.374. The predicted molar refractivity (Wildman–Crippen MR) is 119 cm³/mol. The van der Waals surface area contributed by atoms with E-state index < -0.39 is 17.0 Å². The lowest BCUT2D eigenvalue weighted by molar-refractivity contribution is -0.137. The molecule has 0 bridgehead atoms. The number of halogens is 4. The monoisotopic (exact) mass is 477 g/mol. The fourth-order valence-electron chi connectivity index (χ4n) is 3.01. The van der Waals surface area contributed by atoms with Crippen LogP contribution in [-0.4, -0.2) is 22.5 Å². The van der Waals surface area contributed by atoms with Crippen LogP contribution in [0.2, 0.25) is 5.02 Å². The summed E-state index contributed by atoms with van der Waals surface area (Å²) in [6.07, 6.45) is -3.05. The molecule has 3 aromatic rings. The number of alkyl halides is 3. The van der Waals surface area contributed by atoms with E-state index in [-0.39, 0.29) is 28.1 Å². The molecule has 0 saturated carbocycles. The number of amidine groups is 1. The van der Waals surface area contributed by atoms with Crippen molar-refractivity contribution in [3.63, 3.8) is 0 Å². The predicted octanol–water partition coefficient (Wildman–Crippen LogP) is 5.78. The number of carbonyl (C=O) groups excluding carboxylic acids is 1. The van der Waals surface area contributed by atoms with Gasteiger partial charge >= 0.3 is 6.18 Å². The Bertz CT molecular complexity index is 1190. The van der Waals surface area contributed by atoms with Crippen LogP contribution < -0.4 is 5.32 Å². The zero-order valence-corrected chi connectivity index (χ0v) is 17.8. The van der Waals surface area contributed by atoms with Gasteiger partial charge in [-0.1, -0.05) is 53.7 Å². The molecule has 0 spiro atoms. The van der Waals surface area contributed by atoms with Crippen molar-refractivity contribution < 1.29 is 22.4 Å². The third-order valence-electron chi connectivity index (χ3n) is 4.57. The van der Waals surface area contributed by atoms with Crippen molar-refractivity contribution in [1.82, 2.24) is 5.32 Å². The van der Waals surface area contributed by atoms with Gasteiger partial charge in [0.1, 0.15) is 11.5 Å². The molecule has 2 aromatic carbocycles. The summed E-state index contributed by atoms with van der Waals surface area (Å²) in [4.78, 5) is 12.2. The number of hydrogen-bond donors (Lipinski definition) is 1. The first-order valence-electron chi connectivity index (χ1n) is 9.39. The molecule has 1 aliphatic rings. The Kier molecular flexibility index (Phi) is 6.38. The van der Waals surface area contributed by atoms with Gasteiger partial charge in [-0.3, -0.25) is 4.79 Å². The highest BCUT2D eigenvalue weighted by Gasteiger charge is 2.34. The summed E-state index contributed by atoms with van der Waals surface area (Å²) in [5.74, 6) is 0.790. The fraction of sp³-hybridized carbons (Fsp3) is 0.136. The van der Waals surface area contributed by atoms with E-state index in [1.807, 2.05) is 36.4 Å². The molecule has 32 heavy (non-hydrogen) atoms. The maximum absolute atomic E-state index is 13.0. The van der Waals surface area contributed by atoms with Gasteiger partial charge in [-0.2, -0.15) is 18.3 Å². The molecule has 2 heterocycles. The molecule has 1 aromatic heterocycles. The topological polar surface area (TPSA) is 67.0 Å². The Labute approximate surface area is 190 Å². The number of hydrogen-bond acceptors (Lipinski definition) is 5. The number of rotatable bonds is 5. The minimum absolute atomic E-state index is 0.0284. The van der Waals surface area contributed by atoms with Crippen molar-refractivity contribution in [3.8, 4) is 11.3 Å². The van der Waals surface area contributed by atoms with E-state index in [1.54, 1.807) is 6.07 Å². The maximum Gasteiger partial charge on any atom is 0.416 e. The molecule has 1 unspecified atom stereocenters. The Hall–Kier alpha value is -3.04. The lowest BCUT2D eigenvalue weighted by atomic mass is 10.1. The van der Waals surface area contributed by atoms with E-state index in [0.717, 1.165) is 29.5 Å². The first-order valence-corrected chi connectivity index (χ1v) is 10.6. The molecule has 4 rings (SSSR count). The van der Waals surface area contributed by atoms with Crippen molar-refractivity contribution >= 4 is 40.7 Å². The summed E-state index contributed by atoms with van der Waals surface area (Å²) in [6, 6.07) is 16.2. The van der Waals surface area contributed by atoms with Crippen molar-refractivity contribution in [2.45, 2.75) is 17.8 Å². The normalized spacial score (nSPS) is 17.9. The number of benzene rings is 2. The van der Waals surface area contributed by atoms with Gasteiger partial charge in [0, 0.05) is 10.6 Å². The number of nitrogens with one attached hydrogen (secondary N) is 1. The van der Waals surface area contributed by atoms with Crippen LogP contribution in [0, 0.1) is 0 Å². The van der Waals surface area contributed by atoms with Gasteiger partial charge in [0.2, 0.25) is 5.91 Å². The lowest BCUT2D eigenvalue weighted by Gasteiger charge is -2.12. The molecule has 1 N–H and O–H groups in total. The summed E-state index contributed by atoms with van der Waals surface area (Å²) < 4.78 is 44.6. The van der Waals surface area contributed by atoms with Crippen LogP contribution in [0.3, 0.4) is 0 Å². The molecule has 0 radical (unpaired) electrons. The van der Waals surface area contributed by atoms with Crippen molar-refractivity contribution in [2.24, 2.45) is 10.2 Å². The van der Waals surface area contributed by atoms with Crippen LogP contribution in [0.5, 0.6) is 0 Å². The number of nitrogens with zero attached hydrogens (tertiary/aromatic N) is 2. The smallest absolute Gasteiger partial charge is 0.416 e. The second-order valence-corrected chi connectivity index (χ2v) is 8.42. The minimum atomic E-state index is -4.49. The second-order valence-electron chi connectivity index (χ2n) is 6.82. The average molecular weight is 478 g/mol. The van der Waals surface area contributed by atoms with Gasteiger partial charge in [0.25, 0.3) is 0 Å². The van der Waals surface area contributed by atoms with Gasteiger partial charge in [-0.25, -0.2) is 0 Å². The van der Waals surface area contributed by atoms with Crippen LogP contribution in [0.15, 0.2) is 75.3 Å². The van der Waals surface area contributed by atoms with Gasteiger partial charge in [-0.05, 0) is 42.3 Å². The summed E-state index contributed by atoms with van der Waals surface area (Å²) >= 11 is 7.11. The van der Waals surface area contributed by atoms with Crippen molar-refractivity contribution in [1.29, 1.82) is 0 Å². The standard InChI is InChI=1S/C22H15ClF3N3O2S/c23-17-8-6-15(22(24,25)26)10-14(17)11-19-20(30)28-21(32-19)29-27-12-16-7-9-18(31-16)13-4-2-1-3-5-13/h1-10,12,19H,11H2,(H,28,29,30)/b27-12+. The minimum Gasteiger partial charge on any atom is -0.455 e. The van der Waals surface area contributed by atoms with E-state index in [0.29, 0.717) is 11.5 Å². The van der Waals surface area contributed by atoms with E-state index in [9.17, 15) is 18.0 Å². The second kappa shape index (κ2) is 9.22. The van der Waals surface area contributed by atoms with E-state index in [2.05, 4.69) is 15.5 Å². The van der Waals surface area contributed by atoms with E-state index in [4.69, 9.17) is 16.0 Å². The van der Waals surface area contributed by atoms with E-state index >= 15 is 0 Å². The van der Waals surface area contributed by atoms with Crippen molar-refractivity contribution in [2.75, 3.05) is 0 Å². The van der Waals surface area contributed by atoms with Crippen LogP contribution in [0.4, 0.5) is 13.2 Å². The molecule has 5 nitrogen and oxygen atoms in total. The summed E-state index contributed by atoms with van der Waals surface area (Å²) in [6.45, 7) is 0. The molecule has 0 aliphatic carbocycles. The number of thioether (sulfide) groups is 1. The molecule has 1 fully saturated rings. The average Bonchev–Trinajstić information content (AvgIpc) is 3.36. The highest BCUT2D eigenvalue weighted by atomic mass is 35.5. The zero-order chi connectivity index (χ0) is 22.7. The van der Waals surface area contributed by atoms with Gasteiger partial charge < -0.3 is 9.73 Å². The van der Waals surface area contributed by atoms with Gasteiger partial charge in [-0.15, -0.1) is 5.10 Å². The third-order valence-corrected chi connectivity index (χ3v) is 6.01. The largest absolute Gasteiger partial charge is 0.455 e. The molecule has 1 aliphatic heterocycles. The molecule has 164 valence electrons. The van der Waals surface area contributed by atoms with Crippen LogP contribution in [-0.2, 0) is 17.4 Å². The highest BCUT2D eigenvalue weighted by molar-refractivity contribution is 8.15. The third kappa shape index (κ3) is 5.23. The summed E-state index contributed by atoms with van der Waals surface area (Å²) in [5, 5.41) is 10.2. The molecule has 1 atom stereocenters. The Balaban J connectivity index is 1.41. The number of amides is 1. The van der Waals surface area contributed by atoms with Crippen LogP contribution in [0.25, 0.3) is 11.3 Å². The van der Waals surface area contributed by atoms with Gasteiger partial charge in [0.15, 0.2) is 5.17 Å². The SMILES string of the molecule is O=C1N/C(=N\N=C\c2ccc(-c3ccccc3)o2)SC1Cc1cc(C(F)(F)F)ccc1Cl. The van der Waals surface area contributed by atoms with Crippen LogP contribution in [0.1, 0.15) is 16.9 Å². The van der Waals surface area contributed by atoms with E-state index in [1.165, 1.54) is 12.3 Å². The number of furan rings is 1. The Morgan fingerprint density at radius 3 is 2.66 bits per heavy atom. The molecule has 1 amide bonds. The summed E-state index contributed by atoms with van der Waals surface area (Å²) in [7, 11) is 0. The molecule has 1 saturated heterocycles. The molecule has 10 heteroatoms. The molecular formula is C22H15ClF3N3O2S. The van der Waals surface area contributed by atoms with Gasteiger partial charge in [0.05, 0.1) is 17.0 Å².